The van der Waals surface area contributed by atoms with Gasteiger partial charge in [-0.3, -0.25) is 13.9 Å². The zero-order valence-corrected chi connectivity index (χ0v) is 17.3. The maximum Gasteiger partial charge on any atom is 0.264 e. The molecule has 2 aromatic carbocycles. The Hall–Kier alpha value is -2.87. The lowest BCUT2D eigenvalue weighted by atomic mass is 10.1. The number of sulfonamides is 1. The molecule has 28 heavy (non-hydrogen) atoms. The van der Waals surface area contributed by atoms with Gasteiger partial charge in [0.05, 0.1) is 17.1 Å². The van der Waals surface area contributed by atoms with Crippen LogP contribution in [0.5, 0.6) is 0 Å². The summed E-state index contributed by atoms with van der Waals surface area (Å²) in [7, 11) is -0.675. The van der Waals surface area contributed by atoms with Crippen LogP contribution < -0.4 is 9.62 Å². The third kappa shape index (κ3) is 4.69. The number of para-hydroxylation sites is 1. The van der Waals surface area contributed by atoms with Gasteiger partial charge in [0.15, 0.2) is 0 Å². The lowest BCUT2D eigenvalue weighted by Crippen LogP contribution is -2.36. The van der Waals surface area contributed by atoms with Crippen molar-refractivity contribution in [1.29, 1.82) is 0 Å². The molecule has 0 aliphatic heterocycles. The fourth-order valence-corrected chi connectivity index (χ4v) is 4.37. The van der Waals surface area contributed by atoms with E-state index in [9.17, 15) is 18.0 Å². The number of aryl methyl sites for hydroxylation is 1. The van der Waals surface area contributed by atoms with Gasteiger partial charge in [-0.1, -0.05) is 24.3 Å². The van der Waals surface area contributed by atoms with Crippen molar-refractivity contribution in [1.82, 2.24) is 10.2 Å². The number of anilines is 1. The number of benzene rings is 2. The predicted octanol–water partition coefficient (Wildman–Crippen LogP) is 2.03. The average molecular weight is 404 g/mol. The minimum atomic E-state index is -3.86. The summed E-state index contributed by atoms with van der Waals surface area (Å²) in [4.78, 5) is 25.5. The third-order valence-electron chi connectivity index (χ3n) is 4.25. The summed E-state index contributed by atoms with van der Waals surface area (Å²) in [6.45, 7) is 3.53. The summed E-state index contributed by atoms with van der Waals surface area (Å²) in [5.41, 5.74) is 1.27. The highest BCUT2D eigenvalue weighted by atomic mass is 32.2. The van der Waals surface area contributed by atoms with Crippen molar-refractivity contribution in [3.05, 3.63) is 59.7 Å². The van der Waals surface area contributed by atoms with Gasteiger partial charge in [0.25, 0.3) is 15.9 Å². The number of carbonyl (C=O) groups is 2. The van der Waals surface area contributed by atoms with E-state index in [0.717, 1.165) is 0 Å². The number of amides is 2. The first-order valence-corrected chi connectivity index (χ1v) is 10.3. The second-order valence-corrected chi connectivity index (χ2v) is 8.29. The molecule has 0 aliphatic rings. The van der Waals surface area contributed by atoms with Crippen LogP contribution in [-0.4, -0.2) is 52.3 Å². The van der Waals surface area contributed by atoms with Crippen LogP contribution in [0.3, 0.4) is 0 Å². The number of rotatable bonds is 7. The Labute approximate surface area is 166 Å². The number of nitrogens with one attached hydrogen (secondary N) is 1. The third-order valence-corrected chi connectivity index (χ3v) is 6.29. The van der Waals surface area contributed by atoms with Crippen molar-refractivity contribution >= 4 is 27.5 Å². The van der Waals surface area contributed by atoms with E-state index in [0.29, 0.717) is 11.3 Å². The zero-order chi connectivity index (χ0) is 20.9. The molecule has 0 saturated carbocycles. The summed E-state index contributed by atoms with van der Waals surface area (Å²) in [5, 5.41) is 2.51. The van der Waals surface area contributed by atoms with Crippen molar-refractivity contribution in [2.24, 2.45) is 0 Å². The Morgan fingerprint density at radius 2 is 1.68 bits per heavy atom. The molecule has 0 saturated heterocycles. The minimum absolute atomic E-state index is 0.0600. The summed E-state index contributed by atoms with van der Waals surface area (Å²) in [6.07, 6.45) is 0. The number of likely N-dealkylation sites (N-methyl/N-ethyl adjacent to an activating group) is 1. The van der Waals surface area contributed by atoms with Gasteiger partial charge in [0.2, 0.25) is 5.91 Å². The van der Waals surface area contributed by atoms with Crippen molar-refractivity contribution in [2.45, 2.75) is 18.7 Å². The molecular weight excluding hydrogens is 378 g/mol. The molecule has 0 heterocycles. The van der Waals surface area contributed by atoms with Crippen LogP contribution in [0.4, 0.5) is 5.69 Å². The smallest absolute Gasteiger partial charge is 0.264 e. The van der Waals surface area contributed by atoms with Crippen LogP contribution in [0.25, 0.3) is 0 Å². The molecule has 2 rings (SSSR count). The SMILES string of the molecule is CCN(c1ccccc1)S(=O)(=O)c1cc(C(=O)NCC(=O)N(C)C)ccc1C. The van der Waals surface area contributed by atoms with Crippen molar-refractivity contribution in [3.8, 4) is 0 Å². The molecule has 0 bridgehead atoms. The highest BCUT2D eigenvalue weighted by Crippen LogP contribution is 2.26. The van der Waals surface area contributed by atoms with E-state index in [-0.39, 0.29) is 29.5 Å². The van der Waals surface area contributed by atoms with Gasteiger partial charge in [-0.25, -0.2) is 8.42 Å². The summed E-state index contributed by atoms with van der Waals surface area (Å²) in [6, 6.07) is 13.3. The first-order chi connectivity index (χ1) is 13.2. The number of carbonyl (C=O) groups excluding carboxylic acids is 2. The average Bonchev–Trinajstić information content (AvgIpc) is 2.67. The molecule has 2 amide bonds. The van der Waals surface area contributed by atoms with E-state index < -0.39 is 15.9 Å². The second-order valence-electron chi connectivity index (χ2n) is 6.46. The maximum absolute atomic E-state index is 13.2. The van der Waals surface area contributed by atoms with Crippen LogP contribution in [0.15, 0.2) is 53.4 Å². The molecule has 0 radical (unpaired) electrons. The van der Waals surface area contributed by atoms with E-state index in [1.807, 2.05) is 6.07 Å². The summed E-state index contributed by atoms with van der Waals surface area (Å²) >= 11 is 0. The van der Waals surface area contributed by atoms with Gasteiger partial charge in [0, 0.05) is 26.2 Å². The second kappa shape index (κ2) is 8.88. The quantitative estimate of drug-likeness (QED) is 0.766. The van der Waals surface area contributed by atoms with Crippen LogP contribution in [0.2, 0.25) is 0 Å². The molecule has 150 valence electrons. The van der Waals surface area contributed by atoms with Gasteiger partial charge in [-0.15, -0.1) is 0 Å². The Kier molecular flexibility index (Phi) is 6.80. The Balaban J connectivity index is 2.36. The van der Waals surface area contributed by atoms with E-state index in [1.165, 1.54) is 15.3 Å². The standard InChI is InChI=1S/C20H25N3O4S/c1-5-23(17-9-7-6-8-10-17)28(26,27)18-13-16(12-11-15(18)2)20(25)21-14-19(24)22(3)4/h6-13H,5,14H2,1-4H3,(H,21,25). The van der Waals surface area contributed by atoms with Crippen LogP contribution in [-0.2, 0) is 14.8 Å². The number of nitrogens with zero attached hydrogens (tertiary/aromatic N) is 2. The molecular formula is C20H25N3O4S. The van der Waals surface area contributed by atoms with E-state index in [4.69, 9.17) is 0 Å². The number of hydrogen-bond donors (Lipinski definition) is 1. The molecule has 1 N–H and O–H groups in total. The Morgan fingerprint density at radius 3 is 2.25 bits per heavy atom. The first-order valence-electron chi connectivity index (χ1n) is 8.85. The van der Waals surface area contributed by atoms with Crippen molar-refractivity contribution in [3.63, 3.8) is 0 Å². The molecule has 0 unspecified atom stereocenters. The number of hydrogen-bond acceptors (Lipinski definition) is 4. The molecule has 2 aromatic rings. The summed E-state index contributed by atoms with van der Waals surface area (Å²) < 4.78 is 27.8. The topological polar surface area (TPSA) is 86.8 Å². The normalized spacial score (nSPS) is 11.0. The Morgan fingerprint density at radius 1 is 1.04 bits per heavy atom. The molecule has 0 aliphatic carbocycles. The van der Waals surface area contributed by atoms with Crippen molar-refractivity contribution in [2.75, 3.05) is 31.5 Å². The van der Waals surface area contributed by atoms with Gasteiger partial charge in [-0.05, 0) is 43.7 Å². The van der Waals surface area contributed by atoms with E-state index >= 15 is 0 Å². The van der Waals surface area contributed by atoms with Gasteiger partial charge < -0.3 is 10.2 Å². The highest BCUT2D eigenvalue weighted by Gasteiger charge is 2.26. The molecule has 0 atom stereocenters. The summed E-state index contributed by atoms with van der Waals surface area (Å²) in [5.74, 6) is -0.760. The van der Waals surface area contributed by atoms with E-state index in [2.05, 4.69) is 5.32 Å². The maximum atomic E-state index is 13.2. The van der Waals surface area contributed by atoms with Gasteiger partial charge >= 0.3 is 0 Å². The van der Waals surface area contributed by atoms with Gasteiger partial charge in [0.1, 0.15) is 0 Å². The lowest BCUT2D eigenvalue weighted by molar-refractivity contribution is -0.127. The van der Waals surface area contributed by atoms with E-state index in [1.54, 1.807) is 64.3 Å². The monoisotopic (exact) mass is 403 g/mol. The van der Waals surface area contributed by atoms with Crippen LogP contribution in [0, 0.1) is 6.92 Å². The minimum Gasteiger partial charge on any atom is -0.347 e. The fraction of sp³-hybridized carbons (Fsp3) is 0.300. The molecule has 0 spiro atoms. The molecule has 7 nitrogen and oxygen atoms in total. The highest BCUT2D eigenvalue weighted by molar-refractivity contribution is 7.92. The van der Waals surface area contributed by atoms with Crippen LogP contribution in [0.1, 0.15) is 22.8 Å². The first kappa shape index (κ1) is 21.4. The molecule has 0 aromatic heterocycles. The lowest BCUT2D eigenvalue weighted by Gasteiger charge is -2.24. The zero-order valence-electron chi connectivity index (χ0n) is 16.5. The van der Waals surface area contributed by atoms with Crippen molar-refractivity contribution < 1.29 is 18.0 Å². The predicted molar refractivity (Wildman–Crippen MR) is 109 cm³/mol. The van der Waals surface area contributed by atoms with Gasteiger partial charge in [-0.2, -0.15) is 0 Å². The largest absolute Gasteiger partial charge is 0.347 e. The molecule has 8 heteroatoms. The Bertz CT molecular complexity index is 957. The fourth-order valence-electron chi connectivity index (χ4n) is 2.64. The van der Waals surface area contributed by atoms with Crippen LogP contribution >= 0.6 is 0 Å². The molecule has 0 fully saturated rings.